The molecule has 0 radical (unpaired) electrons. The van der Waals surface area contributed by atoms with Crippen LogP contribution in [0.4, 0.5) is 0 Å². The van der Waals surface area contributed by atoms with E-state index in [4.69, 9.17) is 0 Å². The first kappa shape index (κ1) is 10.6. The number of halogens is 1. The molecule has 2 heterocycles. The van der Waals surface area contributed by atoms with Crippen molar-refractivity contribution in [2.45, 2.75) is 33.1 Å². The number of pyridine rings is 1. The van der Waals surface area contributed by atoms with E-state index in [0.717, 1.165) is 22.5 Å². The summed E-state index contributed by atoms with van der Waals surface area (Å²) in [5.74, 6) is 1.26. The lowest BCUT2D eigenvalue weighted by Gasteiger charge is -1.99. The summed E-state index contributed by atoms with van der Waals surface area (Å²) in [7, 11) is 0. The van der Waals surface area contributed by atoms with E-state index >= 15 is 0 Å². The highest BCUT2D eigenvalue weighted by molar-refractivity contribution is 9.10. The zero-order chi connectivity index (χ0) is 11.0. The van der Waals surface area contributed by atoms with E-state index in [2.05, 4.69) is 58.9 Å². The van der Waals surface area contributed by atoms with Gasteiger partial charge in [0.25, 0.3) is 0 Å². The zero-order valence-corrected chi connectivity index (χ0v) is 10.7. The zero-order valence-electron chi connectivity index (χ0n) is 9.16. The van der Waals surface area contributed by atoms with Gasteiger partial charge in [0.05, 0.1) is 0 Å². The standard InChI is InChI=1S/C11H14BrN3/c1-4-8-5-9(12)15-10(6-8)13-11(14-15)7(2)3/h5-7H,4H2,1-3H3. The van der Waals surface area contributed by atoms with E-state index < -0.39 is 0 Å². The summed E-state index contributed by atoms with van der Waals surface area (Å²) < 4.78 is 2.81. The Kier molecular flexibility index (Phi) is 2.78. The second-order valence-corrected chi connectivity index (χ2v) is 4.75. The highest BCUT2D eigenvalue weighted by Gasteiger charge is 2.09. The van der Waals surface area contributed by atoms with Gasteiger partial charge in [-0.05, 0) is 40.0 Å². The normalized spacial score (nSPS) is 11.5. The molecular formula is C11H14BrN3. The fourth-order valence-electron chi connectivity index (χ4n) is 1.46. The molecule has 0 spiro atoms. The van der Waals surface area contributed by atoms with Crippen molar-refractivity contribution < 1.29 is 0 Å². The van der Waals surface area contributed by atoms with Crippen LogP contribution in [0.2, 0.25) is 0 Å². The number of nitrogens with zero attached hydrogens (tertiary/aromatic N) is 3. The predicted molar refractivity (Wildman–Crippen MR) is 64.2 cm³/mol. The van der Waals surface area contributed by atoms with Crippen LogP contribution >= 0.6 is 15.9 Å². The Hall–Kier alpha value is -0.900. The summed E-state index contributed by atoms with van der Waals surface area (Å²) in [6.45, 7) is 6.34. The minimum atomic E-state index is 0.363. The number of aromatic nitrogens is 3. The molecule has 2 rings (SSSR count). The molecule has 3 nitrogen and oxygen atoms in total. The Morgan fingerprint density at radius 1 is 1.40 bits per heavy atom. The number of hydrogen-bond donors (Lipinski definition) is 0. The average Bonchev–Trinajstić information content (AvgIpc) is 2.61. The third-order valence-electron chi connectivity index (χ3n) is 2.39. The second-order valence-electron chi connectivity index (χ2n) is 3.93. The lowest BCUT2D eigenvalue weighted by atomic mass is 10.2. The van der Waals surface area contributed by atoms with Crippen molar-refractivity contribution in [1.29, 1.82) is 0 Å². The maximum absolute atomic E-state index is 4.50. The van der Waals surface area contributed by atoms with Crippen molar-refractivity contribution in [2.75, 3.05) is 0 Å². The Morgan fingerprint density at radius 3 is 2.73 bits per heavy atom. The van der Waals surface area contributed by atoms with Gasteiger partial charge in [-0.15, -0.1) is 5.10 Å². The van der Waals surface area contributed by atoms with Crippen molar-refractivity contribution in [3.05, 3.63) is 28.1 Å². The van der Waals surface area contributed by atoms with Gasteiger partial charge in [0.2, 0.25) is 0 Å². The lowest BCUT2D eigenvalue weighted by molar-refractivity contribution is 0.761. The molecule has 0 N–H and O–H groups in total. The summed E-state index contributed by atoms with van der Waals surface area (Å²) >= 11 is 3.51. The van der Waals surface area contributed by atoms with Crippen LogP contribution in [0.1, 0.15) is 38.1 Å². The molecule has 0 unspecified atom stereocenters. The van der Waals surface area contributed by atoms with Gasteiger partial charge in [-0.1, -0.05) is 20.8 Å². The molecule has 2 aromatic rings. The van der Waals surface area contributed by atoms with Gasteiger partial charge >= 0.3 is 0 Å². The molecule has 0 atom stereocenters. The SMILES string of the molecule is CCc1cc(Br)n2nc(C(C)C)nc2c1. The molecule has 0 saturated heterocycles. The fourth-order valence-corrected chi connectivity index (χ4v) is 2.02. The molecule has 0 aliphatic rings. The first-order valence-corrected chi connectivity index (χ1v) is 5.96. The monoisotopic (exact) mass is 267 g/mol. The van der Waals surface area contributed by atoms with Gasteiger partial charge in [-0.25, -0.2) is 9.50 Å². The van der Waals surface area contributed by atoms with Crippen molar-refractivity contribution >= 4 is 21.6 Å². The Balaban J connectivity index is 2.64. The van der Waals surface area contributed by atoms with Crippen molar-refractivity contribution in [3.63, 3.8) is 0 Å². The summed E-state index contributed by atoms with van der Waals surface area (Å²) in [4.78, 5) is 4.50. The fraction of sp³-hybridized carbons (Fsp3) is 0.455. The van der Waals surface area contributed by atoms with Crippen LogP contribution in [0.25, 0.3) is 5.65 Å². The minimum absolute atomic E-state index is 0.363. The highest BCUT2D eigenvalue weighted by atomic mass is 79.9. The number of rotatable bonds is 2. The maximum atomic E-state index is 4.50. The molecule has 0 aromatic carbocycles. The Bertz CT molecular complexity index is 488. The van der Waals surface area contributed by atoms with Crippen LogP contribution in [-0.2, 0) is 6.42 Å². The quantitative estimate of drug-likeness (QED) is 0.783. The smallest absolute Gasteiger partial charge is 0.157 e. The highest BCUT2D eigenvalue weighted by Crippen LogP contribution is 2.18. The predicted octanol–water partition coefficient (Wildman–Crippen LogP) is 3.18. The van der Waals surface area contributed by atoms with Gasteiger partial charge < -0.3 is 0 Å². The van der Waals surface area contributed by atoms with Crippen LogP contribution < -0.4 is 0 Å². The molecule has 0 bridgehead atoms. The molecule has 0 aliphatic heterocycles. The molecule has 0 saturated carbocycles. The van der Waals surface area contributed by atoms with E-state index in [1.54, 1.807) is 0 Å². The van der Waals surface area contributed by atoms with Crippen LogP contribution in [0, 0.1) is 0 Å². The average molecular weight is 268 g/mol. The number of aryl methyl sites for hydroxylation is 1. The molecule has 0 aliphatic carbocycles. The van der Waals surface area contributed by atoms with Crippen LogP contribution in [-0.4, -0.2) is 14.6 Å². The van der Waals surface area contributed by atoms with Crippen molar-refractivity contribution in [2.24, 2.45) is 0 Å². The van der Waals surface area contributed by atoms with Gasteiger partial charge in [-0.2, -0.15) is 0 Å². The van der Waals surface area contributed by atoms with Gasteiger partial charge in [0.15, 0.2) is 11.5 Å². The van der Waals surface area contributed by atoms with Gasteiger partial charge in [0, 0.05) is 5.92 Å². The summed E-state index contributed by atoms with van der Waals surface area (Å²) in [6, 6.07) is 4.18. The lowest BCUT2D eigenvalue weighted by Crippen LogP contribution is -1.94. The number of fused-ring (bicyclic) bond motifs is 1. The third-order valence-corrected chi connectivity index (χ3v) is 2.96. The van der Waals surface area contributed by atoms with Gasteiger partial charge in [-0.3, -0.25) is 0 Å². The van der Waals surface area contributed by atoms with Crippen LogP contribution in [0.5, 0.6) is 0 Å². The van der Waals surface area contributed by atoms with Gasteiger partial charge in [0.1, 0.15) is 4.60 Å². The Morgan fingerprint density at radius 2 is 2.13 bits per heavy atom. The van der Waals surface area contributed by atoms with Crippen LogP contribution in [0.3, 0.4) is 0 Å². The molecule has 0 amide bonds. The largest absolute Gasteiger partial charge is 0.212 e. The molecule has 80 valence electrons. The topological polar surface area (TPSA) is 30.2 Å². The second kappa shape index (κ2) is 3.93. The molecular weight excluding hydrogens is 254 g/mol. The summed E-state index contributed by atoms with van der Waals surface area (Å²) in [5, 5.41) is 4.45. The van der Waals surface area contributed by atoms with E-state index in [1.807, 2.05) is 4.52 Å². The molecule has 0 fully saturated rings. The van der Waals surface area contributed by atoms with Crippen molar-refractivity contribution in [1.82, 2.24) is 14.6 Å². The molecule has 2 aromatic heterocycles. The van der Waals surface area contributed by atoms with E-state index in [-0.39, 0.29) is 0 Å². The summed E-state index contributed by atoms with van der Waals surface area (Å²) in [5.41, 5.74) is 2.20. The van der Waals surface area contributed by atoms with E-state index in [0.29, 0.717) is 5.92 Å². The van der Waals surface area contributed by atoms with E-state index in [9.17, 15) is 0 Å². The maximum Gasteiger partial charge on any atom is 0.157 e. The third kappa shape index (κ3) is 1.91. The van der Waals surface area contributed by atoms with Crippen LogP contribution in [0.15, 0.2) is 16.7 Å². The first-order chi connectivity index (χ1) is 7.11. The number of hydrogen-bond acceptors (Lipinski definition) is 2. The van der Waals surface area contributed by atoms with E-state index in [1.165, 1.54) is 5.56 Å². The Labute approximate surface area is 97.6 Å². The minimum Gasteiger partial charge on any atom is -0.212 e. The van der Waals surface area contributed by atoms with Crippen molar-refractivity contribution in [3.8, 4) is 0 Å². The summed E-state index contributed by atoms with van der Waals surface area (Å²) in [6.07, 6.45) is 1.01. The first-order valence-electron chi connectivity index (χ1n) is 5.17. The molecule has 4 heteroatoms. The molecule has 15 heavy (non-hydrogen) atoms.